The highest BCUT2D eigenvalue weighted by atomic mass is 127. The van der Waals surface area contributed by atoms with Crippen molar-refractivity contribution in [2.75, 3.05) is 12.8 Å². The van der Waals surface area contributed by atoms with Gasteiger partial charge >= 0.3 is 0 Å². The summed E-state index contributed by atoms with van der Waals surface area (Å²) in [5, 5.41) is 0. The molecule has 2 rings (SSSR count). The van der Waals surface area contributed by atoms with Crippen LogP contribution in [0.5, 0.6) is 5.75 Å². The van der Waals surface area contributed by atoms with E-state index >= 15 is 0 Å². The monoisotopic (exact) mass is 397 g/mol. The van der Waals surface area contributed by atoms with Crippen LogP contribution in [0.1, 0.15) is 30.9 Å². The summed E-state index contributed by atoms with van der Waals surface area (Å²) in [6.45, 7) is 4.35. The molecule has 4 nitrogen and oxygen atoms in total. The molecule has 21 heavy (non-hydrogen) atoms. The summed E-state index contributed by atoms with van der Waals surface area (Å²) in [4.78, 5) is 9.10. The van der Waals surface area contributed by atoms with Gasteiger partial charge in [-0.15, -0.1) is 0 Å². The molecule has 0 unspecified atom stereocenters. The van der Waals surface area contributed by atoms with Crippen LogP contribution in [0.25, 0.3) is 0 Å². The molecule has 1 aromatic carbocycles. The van der Waals surface area contributed by atoms with E-state index in [1.165, 1.54) is 0 Å². The number of aromatic nitrogens is 2. The van der Waals surface area contributed by atoms with E-state index in [-0.39, 0.29) is 0 Å². The van der Waals surface area contributed by atoms with Gasteiger partial charge in [0.1, 0.15) is 17.4 Å². The number of nitrogen functional groups attached to an aromatic ring is 1. The Hall–Kier alpha value is -1.37. The van der Waals surface area contributed by atoms with Crippen LogP contribution in [0.2, 0.25) is 0 Å². The Morgan fingerprint density at radius 1 is 1.24 bits per heavy atom. The molecule has 0 aliphatic heterocycles. The lowest BCUT2D eigenvalue weighted by Gasteiger charge is -2.12. The van der Waals surface area contributed by atoms with E-state index in [2.05, 4.69) is 46.4 Å². The molecule has 2 aromatic rings. The summed E-state index contributed by atoms with van der Waals surface area (Å²) in [6, 6.07) is 7.91. The first-order chi connectivity index (χ1) is 10.0. The molecule has 1 aromatic heterocycles. The number of hydrogen-bond donors (Lipinski definition) is 1. The summed E-state index contributed by atoms with van der Waals surface area (Å²) in [7, 11) is 1.67. The highest BCUT2D eigenvalue weighted by Crippen LogP contribution is 2.23. The molecule has 0 atom stereocenters. The Bertz CT molecular complexity index is 629. The van der Waals surface area contributed by atoms with Crippen molar-refractivity contribution in [1.29, 1.82) is 0 Å². The Balaban J connectivity index is 2.34. The lowest BCUT2D eigenvalue weighted by Crippen LogP contribution is -2.10. The van der Waals surface area contributed by atoms with Gasteiger partial charge in [0.05, 0.1) is 16.4 Å². The summed E-state index contributed by atoms with van der Waals surface area (Å²) in [5.74, 6) is 2.69. The van der Waals surface area contributed by atoms with Gasteiger partial charge < -0.3 is 10.5 Å². The maximum absolute atomic E-state index is 6.03. The molecule has 0 fully saturated rings. The van der Waals surface area contributed by atoms with E-state index in [0.29, 0.717) is 18.2 Å². The van der Waals surface area contributed by atoms with Gasteiger partial charge in [0, 0.05) is 12.0 Å². The van der Waals surface area contributed by atoms with Crippen LogP contribution >= 0.6 is 22.6 Å². The lowest BCUT2D eigenvalue weighted by atomic mass is 10.1. The number of rotatable bonds is 5. The van der Waals surface area contributed by atoms with E-state index in [4.69, 9.17) is 10.5 Å². The molecule has 2 N–H and O–H groups in total. The van der Waals surface area contributed by atoms with Crippen molar-refractivity contribution >= 4 is 28.4 Å². The molecule has 0 amide bonds. The van der Waals surface area contributed by atoms with Gasteiger partial charge in [0.15, 0.2) is 0 Å². The van der Waals surface area contributed by atoms with Crippen molar-refractivity contribution in [1.82, 2.24) is 9.97 Å². The number of halogens is 1. The summed E-state index contributed by atoms with van der Waals surface area (Å²) >= 11 is 2.23. The lowest BCUT2D eigenvalue weighted by molar-refractivity contribution is 0.410. The molecule has 0 spiro atoms. The maximum Gasteiger partial charge on any atom is 0.140 e. The normalized spacial score (nSPS) is 10.9. The average Bonchev–Trinajstić information content (AvgIpc) is 2.44. The third-order valence-electron chi connectivity index (χ3n) is 3.13. The van der Waals surface area contributed by atoms with Crippen LogP contribution < -0.4 is 10.5 Å². The van der Waals surface area contributed by atoms with Crippen LogP contribution in [-0.4, -0.2) is 17.1 Å². The minimum absolute atomic E-state index is 0.534. The number of nitrogens with zero attached hydrogens (tertiary/aromatic N) is 2. The third-order valence-corrected chi connectivity index (χ3v) is 4.31. The Labute approximate surface area is 139 Å². The minimum atomic E-state index is 0.534. The fourth-order valence-electron chi connectivity index (χ4n) is 2.19. The highest BCUT2D eigenvalue weighted by molar-refractivity contribution is 14.1. The minimum Gasteiger partial charge on any atom is -0.496 e. The van der Waals surface area contributed by atoms with Gasteiger partial charge in [-0.3, -0.25) is 0 Å². The number of methoxy groups -OCH3 is 1. The van der Waals surface area contributed by atoms with Gasteiger partial charge in [-0.05, 0) is 41.0 Å². The Morgan fingerprint density at radius 2 is 1.95 bits per heavy atom. The molecule has 0 saturated heterocycles. The third kappa shape index (κ3) is 4.06. The van der Waals surface area contributed by atoms with E-state index in [1.54, 1.807) is 7.11 Å². The van der Waals surface area contributed by atoms with Crippen LogP contribution in [0.15, 0.2) is 24.3 Å². The number of nitrogens with two attached hydrogens (primary N) is 1. The molecule has 0 aliphatic rings. The van der Waals surface area contributed by atoms with E-state index in [0.717, 1.165) is 32.8 Å². The first-order valence-electron chi connectivity index (χ1n) is 6.94. The second-order valence-corrected chi connectivity index (χ2v) is 6.45. The van der Waals surface area contributed by atoms with Crippen molar-refractivity contribution in [3.05, 3.63) is 44.9 Å². The van der Waals surface area contributed by atoms with Crippen LogP contribution in [-0.2, 0) is 12.8 Å². The molecule has 0 bridgehead atoms. The van der Waals surface area contributed by atoms with Crippen molar-refractivity contribution in [3.63, 3.8) is 0 Å². The van der Waals surface area contributed by atoms with Crippen molar-refractivity contribution in [2.45, 2.75) is 26.7 Å². The number of para-hydroxylation sites is 1. The van der Waals surface area contributed by atoms with Crippen molar-refractivity contribution in [2.24, 2.45) is 5.92 Å². The summed E-state index contributed by atoms with van der Waals surface area (Å²) in [6.07, 6.45) is 1.53. The van der Waals surface area contributed by atoms with E-state index in [1.807, 2.05) is 24.3 Å². The first kappa shape index (κ1) is 16.0. The van der Waals surface area contributed by atoms with Gasteiger partial charge in [-0.2, -0.15) is 0 Å². The molecule has 5 heteroatoms. The van der Waals surface area contributed by atoms with Crippen LogP contribution in [0.3, 0.4) is 0 Å². The standard InChI is InChI=1S/C16H20IN3O/c1-10(2)8-12-15(17)16(18)20-14(19-12)9-11-6-4-5-7-13(11)21-3/h4-7,10H,8-9H2,1-3H3,(H2,18,19,20). The molecule has 1 heterocycles. The second-order valence-electron chi connectivity index (χ2n) is 5.37. The molecular formula is C16H20IN3O. The van der Waals surface area contributed by atoms with Gasteiger partial charge in [-0.1, -0.05) is 32.0 Å². The Kier molecular flexibility index (Phi) is 5.39. The summed E-state index contributed by atoms with van der Waals surface area (Å²) < 4.78 is 6.34. The zero-order valence-corrected chi connectivity index (χ0v) is 14.7. The smallest absolute Gasteiger partial charge is 0.140 e. The van der Waals surface area contributed by atoms with Crippen LogP contribution in [0.4, 0.5) is 5.82 Å². The second kappa shape index (κ2) is 7.06. The van der Waals surface area contributed by atoms with E-state index < -0.39 is 0 Å². The highest BCUT2D eigenvalue weighted by Gasteiger charge is 2.13. The number of ether oxygens (including phenoxy) is 1. The SMILES string of the molecule is COc1ccccc1Cc1nc(N)c(I)c(CC(C)C)n1. The number of anilines is 1. The fraction of sp³-hybridized carbons (Fsp3) is 0.375. The number of benzene rings is 1. The predicted molar refractivity (Wildman–Crippen MR) is 93.5 cm³/mol. The van der Waals surface area contributed by atoms with Crippen LogP contribution in [0, 0.1) is 9.49 Å². The Morgan fingerprint density at radius 3 is 2.62 bits per heavy atom. The molecule has 0 saturated carbocycles. The molecular weight excluding hydrogens is 377 g/mol. The average molecular weight is 397 g/mol. The van der Waals surface area contributed by atoms with Crippen molar-refractivity contribution in [3.8, 4) is 5.75 Å². The van der Waals surface area contributed by atoms with Gasteiger partial charge in [0.25, 0.3) is 0 Å². The molecule has 0 radical (unpaired) electrons. The largest absolute Gasteiger partial charge is 0.496 e. The zero-order valence-electron chi connectivity index (χ0n) is 12.6. The van der Waals surface area contributed by atoms with E-state index in [9.17, 15) is 0 Å². The van der Waals surface area contributed by atoms with Gasteiger partial charge in [0.2, 0.25) is 0 Å². The predicted octanol–water partition coefficient (Wildman–Crippen LogP) is 3.46. The quantitative estimate of drug-likeness (QED) is 0.786. The van der Waals surface area contributed by atoms with Gasteiger partial charge in [-0.25, -0.2) is 9.97 Å². The first-order valence-corrected chi connectivity index (χ1v) is 8.01. The zero-order chi connectivity index (χ0) is 15.4. The molecule has 0 aliphatic carbocycles. The number of hydrogen-bond acceptors (Lipinski definition) is 4. The summed E-state index contributed by atoms with van der Waals surface area (Å²) in [5.41, 5.74) is 8.13. The molecule has 112 valence electrons. The topological polar surface area (TPSA) is 61.0 Å². The maximum atomic E-state index is 6.03. The fourth-order valence-corrected chi connectivity index (χ4v) is 2.65. The van der Waals surface area contributed by atoms with Crippen molar-refractivity contribution < 1.29 is 4.74 Å².